The average molecular weight is 320 g/mol. The second kappa shape index (κ2) is 9.82. The van der Waals surface area contributed by atoms with E-state index in [1.807, 2.05) is 0 Å². The summed E-state index contributed by atoms with van der Waals surface area (Å²) >= 11 is 0. The molecule has 0 bridgehead atoms. The van der Waals surface area contributed by atoms with Gasteiger partial charge in [-0.2, -0.15) is 0 Å². The third kappa shape index (κ3) is 6.06. The molecule has 0 amide bonds. The maximum atomic E-state index is 5.96. The van der Waals surface area contributed by atoms with E-state index in [0.29, 0.717) is 18.0 Å². The van der Waals surface area contributed by atoms with Crippen molar-refractivity contribution in [3.05, 3.63) is 35.7 Å². The maximum Gasteiger partial charge on any atom is 0.0527 e. The van der Waals surface area contributed by atoms with Crippen LogP contribution in [-0.4, -0.2) is 41.5 Å². The van der Waals surface area contributed by atoms with Gasteiger partial charge in [-0.05, 0) is 44.8 Å². The number of hydrogen-bond acceptors (Lipinski definition) is 3. The minimum absolute atomic E-state index is 0.556. The van der Waals surface area contributed by atoms with E-state index in [0.717, 1.165) is 31.6 Å². The molecule has 132 valence electrons. The molecule has 0 saturated carbocycles. The molecule has 2 unspecified atom stereocenters. The fourth-order valence-electron chi connectivity index (χ4n) is 3.49. The Labute approximate surface area is 143 Å². The van der Waals surface area contributed by atoms with Crippen LogP contribution in [0.25, 0.3) is 0 Å². The van der Waals surface area contributed by atoms with Gasteiger partial charge < -0.3 is 10.6 Å². The lowest BCUT2D eigenvalue weighted by Gasteiger charge is -2.46. The summed E-state index contributed by atoms with van der Waals surface area (Å²) in [5.41, 5.74) is 8.48. The SMILES string of the molecule is C\C=C/C(=C/C(=C\N)N1CC(C)N(CC(C)C)C(C)C1)CCC. The molecule has 1 aliphatic rings. The predicted molar refractivity (Wildman–Crippen MR) is 102 cm³/mol. The van der Waals surface area contributed by atoms with Gasteiger partial charge in [0.15, 0.2) is 0 Å². The number of nitrogens with two attached hydrogens (primary N) is 1. The monoisotopic (exact) mass is 319 g/mol. The van der Waals surface area contributed by atoms with Gasteiger partial charge in [0.2, 0.25) is 0 Å². The van der Waals surface area contributed by atoms with Gasteiger partial charge in [0.05, 0.1) is 5.70 Å². The zero-order valence-electron chi connectivity index (χ0n) is 16.0. The molecule has 1 rings (SSSR count). The van der Waals surface area contributed by atoms with Gasteiger partial charge in [0.25, 0.3) is 0 Å². The first-order valence-corrected chi connectivity index (χ1v) is 9.18. The standard InChI is InChI=1S/C20H37N3/c1-7-9-19(10-8-2)11-20(12-21)22-14-17(5)23(13-16(3)4)18(6)15-22/h7,9,11-12,16-18H,8,10,13-15,21H2,1-6H3/b9-7-,19-11-,20-12+. The summed E-state index contributed by atoms with van der Waals surface area (Å²) in [5.74, 6) is 0.710. The molecule has 1 heterocycles. The van der Waals surface area contributed by atoms with Crippen LogP contribution >= 0.6 is 0 Å². The summed E-state index contributed by atoms with van der Waals surface area (Å²) in [7, 11) is 0. The van der Waals surface area contributed by atoms with E-state index in [1.54, 1.807) is 6.20 Å². The van der Waals surface area contributed by atoms with Crippen molar-refractivity contribution < 1.29 is 0 Å². The minimum Gasteiger partial charge on any atom is -0.403 e. The molecular weight excluding hydrogens is 282 g/mol. The van der Waals surface area contributed by atoms with Crippen molar-refractivity contribution in [2.75, 3.05) is 19.6 Å². The molecule has 1 saturated heterocycles. The molecule has 0 spiro atoms. The van der Waals surface area contributed by atoms with Crippen molar-refractivity contribution in [3.8, 4) is 0 Å². The number of allylic oxidation sites excluding steroid dienone is 4. The van der Waals surface area contributed by atoms with E-state index >= 15 is 0 Å². The second-order valence-electron chi connectivity index (χ2n) is 7.25. The molecule has 0 radical (unpaired) electrons. The van der Waals surface area contributed by atoms with Crippen LogP contribution in [-0.2, 0) is 0 Å². The van der Waals surface area contributed by atoms with Crippen LogP contribution in [0.4, 0.5) is 0 Å². The Morgan fingerprint density at radius 2 is 1.83 bits per heavy atom. The smallest absolute Gasteiger partial charge is 0.0527 e. The largest absolute Gasteiger partial charge is 0.403 e. The van der Waals surface area contributed by atoms with E-state index in [9.17, 15) is 0 Å². The summed E-state index contributed by atoms with van der Waals surface area (Å²) in [6, 6.07) is 1.11. The maximum absolute atomic E-state index is 5.96. The van der Waals surface area contributed by atoms with Crippen LogP contribution in [0.3, 0.4) is 0 Å². The number of rotatable bonds is 7. The van der Waals surface area contributed by atoms with Gasteiger partial charge in [0.1, 0.15) is 0 Å². The van der Waals surface area contributed by atoms with E-state index in [-0.39, 0.29) is 0 Å². The van der Waals surface area contributed by atoms with Crippen LogP contribution in [0.15, 0.2) is 35.7 Å². The highest BCUT2D eigenvalue weighted by Gasteiger charge is 2.30. The third-order valence-electron chi connectivity index (χ3n) is 4.47. The molecule has 3 heteroatoms. The van der Waals surface area contributed by atoms with Gasteiger partial charge in [-0.25, -0.2) is 0 Å². The summed E-state index contributed by atoms with van der Waals surface area (Å²) < 4.78 is 0. The lowest BCUT2D eigenvalue weighted by atomic mass is 10.0. The van der Waals surface area contributed by atoms with Gasteiger partial charge >= 0.3 is 0 Å². The Bertz CT molecular complexity index is 422. The zero-order chi connectivity index (χ0) is 17.4. The van der Waals surface area contributed by atoms with E-state index in [4.69, 9.17) is 5.73 Å². The lowest BCUT2D eigenvalue weighted by molar-refractivity contribution is 0.0481. The van der Waals surface area contributed by atoms with Crippen molar-refractivity contribution in [1.29, 1.82) is 0 Å². The van der Waals surface area contributed by atoms with Crippen molar-refractivity contribution in [3.63, 3.8) is 0 Å². The van der Waals surface area contributed by atoms with Crippen molar-refractivity contribution in [2.45, 2.75) is 66.5 Å². The van der Waals surface area contributed by atoms with Crippen LogP contribution in [0.5, 0.6) is 0 Å². The van der Waals surface area contributed by atoms with E-state index < -0.39 is 0 Å². The summed E-state index contributed by atoms with van der Waals surface area (Å²) in [4.78, 5) is 5.09. The van der Waals surface area contributed by atoms with E-state index in [2.05, 4.69) is 69.6 Å². The predicted octanol–water partition coefficient (Wildman–Crippen LogP) is 4.14. The molecule has 0 aromatic carbocycles. The molecule has 2 N–H and O–H groups in total. The van der Waals surface area contributed by atoms with Gasteiger partial charge in [-0.1, -0.05) is 39.3 Å². The van der Waals surface area contributed by atoms with Crippen LogP contribution in [0.1, 0.15) is 54.4 Å². The average Bonchev–Trinajstić information content (AvgIpc) is 2.48. The third-order valence-corrected chi connectivity index (χ3v) is 4.47. The lowest BCUT2D eigenvalue weighted by Crippen LogP contribution is -2.56. The first kappa shape index (κ1) is 19.8. The van der Waals surface area contributed by atoms with Crippen molar-refractivity contribution in [1.82, 2.24) is 9.80 Å². The van der Waals surface area contributed by atoms with Crippen LogP contribution in [0, 0.1) is 5.92 Å². The highest BCUT2D eigenvalue weighted by Crippen LogP contribution is 2.22. The molecule has 3 nitrogen and oxygen atoms in total. The summed E-state index contributed by atoms with van der Waals surface area (Å²) in [5, 5.41) is 0. The molecule has 2 atom stereocenters. The minimum atomic E-state index is 0.556. The van der Waals surface area contributed by atoms with E-state index in [1.165, 1.54) is 12.1 Å². The summed E-state index contributed by atoms with van der Waals surface area (Å²) in [6.07, 6.45) is 10.6. The first-order chi connectivity index (χ1) is 10.9. The fraction of sp³-hybridized carbons (Fsp3) is 0.700. The summed E-state index contributed by atoms with van der Waals surface area (Å²) in [6.45, 7) is 16.8. The van der Waals surface area contributed by atoms with Gasteiger partial charge in [0, 0.05) is 37.9 Å². The molecular formula is C20H37N3. The fourth-order valence-corrected chi connectivity index (χ4v) is 3.49. The van der Waals surface area contributed by atoms with Crippen LogP contribution < -0.4 is 5.73 Å². The first-order valence-electron chi connectivity index (χ1n) is 9.18. The normalized spacial score (nSPS) is 24.9. The molecule has 1 aliphatic heterocycles. The quantitative estimate of drug-likeness (QED) is 0.716. The topological polar surface area (TPSA) is 32.5 Å². The van der Waals surface area contributed by atoms with Crippen LogP contribution in [0.2, 0.25) is 0 Å². The van der Waals surface area contributed by atoms with Gasteiger partial charge in [-0.3, -0.25) is 4.90 Å². The molecule has 0 aromatic heterocycles. The highest BCUT2D eigenvalue weighted by atomic mass is 15.3. The van der Waals surface area contributed by atoms with Crippen molar-refractivity contribution >= 4 is 0 Å². The Balaban J connectivity index is 2.87. The number of nitrogens with zero attached hydrogens (tertiary/aromatic N) is 2. The Morgan fingerprint density at radius 3 is 2.26 bits per heavy atom. The molecule has 0 aliphatic carbocycles. The molecule has 23 heavy (non-hydrogen) atoms. The van der Waals surface area contributed by atoms with Gasteiger partial charge in [-0.15, -0.1) is 0 Å². The number of piperazine rings is 1. The molecule has 1 fully saturated rings. The second-order valence-corrected chi connectivity index (χ2v) is 7.25. The Morgan fingerprint density at radius 1 is 1.22 bits per heavy atom. The Hall–Kier alpha value is -1.22. The highest BCUT2D eigenvalue weighted by molar-refractivity contribution is 5.29. The molecule has 0 aromatic rings. The number of hydrogen-bond donors (Lipinski definition) is 1. The Kier molecular flexibility index (Phi) is 8.46. The zero-order valence-corrected chi connectivity index (χ0v) is 16.0. The van der Waals surface area contributed by atoms with Crippen molar-refractivity contribution in [2.24, 2.45) is 11.7 Å².